The largest absolute Gasteiger partial charge is 0.411 e. The fraction of sp³-hybridized carbons (Fsp3) is 0.375. The Kier molecular flexibility index (Phi) is 3.97. The molecule has 2 aromatic rings. The average Bonchev–Trinajstić information content (AvgIpc) is 2.52. The molecule has 1 saturated heterocycles. The van der Waals surface area contributed by atoms with Crippen LogP contribution in [0.2, 0.25) is 0 Å². The number of nitrogens with zero attached hydrogens (tertiary/aromatic N) is 2. The zero-order valence-corrected chi connectivity index (χ0v) is 12.4. The lowest BCUT2D eigenvalue weighted by molar-refractivity contribution is -0.220. The Bertz CT molecular complexity index is 733. The first-order valence-corrected chi connectivity index (χ1v) is 7.21. The average molecular weight is 324 g/mol. The second-order valence-electron chi connectivity index (χ2n) is 5.50. The van der Waals surface area contributed by atoms with Crippen molar-refractivity contribution in [3.05, 3.63) is 42.2 Å². The van der Waals surface area contributed by atoms with Crippen LogP contribution < -0.4 is 0 Å². The lowest BCUT2D eigenvalue weighted by atomic mass is 10.0. The van der Waals surface area contributed by atoms with Crippen LogP contribution in [0.5, 0.6) is 0 Å². The van der Waals surface area contributed by atoms with Gasteiger partial charge in [0.05, 0.1) is 12.7 Å². The van der Waals surface area contributed by atoms with Crippen molar-refractivity contribution in [2.45, 2.75) is 25.2 Å². The highest BCUT2D eigenvalue weighted by molar-refractivity contribution is 5.98. The van der Waals surface area contributed by atoms with E-state index in [1.807, 2.05) is 0 Å². The van der Waals surface area contributed by atoms with Gasteiger partial charge in [0.15, 0.2) is 6.04 Å². The Labute approximate surface area is 130 Å². The van der Waals surface area contributed by atoms with Crippen LogP contribution in [0.15, 0.2) is 36.7 Å². The molecule has 0 bridgehead atoms. The van der Waals surface area contributed by atoms with Gasteiger partial charge in [-0.05, 0) is 30.5 Å². The Hall–Kier alpha value is -2.15. The summed E-state index contributed by atoms with van der Waals surface area (Å²) in [7, 11) is 0. The van der Waals surface area contributed by atoms with Crippen LogP contribution in [0.3, 0.4) is 0 Å². The van der Waals surface area contributed by atoms with Crippen LogP contribution in [0, 0.1) is 0 Å². The molecular formula is C16H15F3N2O2. The van der Waals surface area contributed by atoms with Crippen LogP contribution in [-0.2, 0) is 4.74 Å². The molecular weight excluding hydrogens is 309 g/mol. The number of morpholine rings is 1. The van der Waals surface area contributed by atoms with E-state index in [1.165, 1.54) is 13.0 Å². The quantitative estimate of drug-likeness (QED) is 0.810. The molecule has 4 nitrogen and oxygen atoms in total. The van der Waals surface area contributed by atoms with E-state index in [2.05, 4.69) is 4.98 Å². The van der Waals surface area contributed by atoms with E-state index in [4.69, 9.17) is 4.74 Å². The molecule has 2 atom stereocenters. The molecule has 1 aromatic carbocycles. The van der Waals surface area contributed by atoms with E-state index in [0.717, 1.165) is 10.3 Å². The highest BCUT2D eigenvalue weighted by Gasteiger charge is 2.50. The fourth-order valence-electron chi connectivity index (χ4n) is 2.88. The minimum atomic E-state index is -4.53. The van der Waals surface area contributed by atoms with Crippen molar-refractivity contribution in [2.24, 2.45) is 0 Å². The minimum Gasteiger partial charge on any atom is -0.374 e. The van der Waals surface area contributed by atoms with E-state index < -0.39 is 24.2 Å². The first-order chi connectivity index (χ1) is 10.9. The van der Waals surface area contributed by atoms with Crippen LogP contribution >= 0.6 is 0 Å². The smallest absolute Gasteiger partial charge is 0.374 e. The second kappa shape index (κ2) is 5.81. The van der Waals surface area contributed by atoms with Gasteiger partial charge in [-0.3, -0.25) is 9.78 Å². The number of fused-ring (bicyclic) bond motifs is 1. The molecule has 7 heteroatoms. The molecule has 0 radical (unpaired) electrons. The molecule has 23 heavy (non-hydrogen) atoms. The molecule has 0 saturated carbocycles. The number of rotatable bonds is 1. The van der Waals surface area contributed by atoms with Crippen molar-refractivity contribution in [1.29, 1.82) is 0 Å². The number of pyridine rings is 1. The highest BCUT2D eigenvalue weighted by atomic mass is 19.4. The number of hydrogen-bond acceptors (Lipinski definition) is 3. The summed E-state index contributed by atoms with van der Waals surface area (Å²) >= 11 is 0. The van der Waals surface area contributed by atoms with E-state index in [1.54, 1.807) is 30.6 Å². The van der Waals surface area contributed by atoms with Crippen molar-refractivity contribution >= 4 is 16.7 Å². The summed E-state index contributed by atoms with van der Waals surface area (Å²) in [5.74, 6) is -0.645. The van der Waals surface area contributed by atoms with Crippen LogP contribution in [-0.4, -0.2) is 47.3 Å². The number of amides is 1. The number of ether oxygens (including phenoxy) is 1. The summed E-state index contributed by atoms with van der Waals surface area (Å²) in [6.45, 7) is 1.34. The Balaban J connectivity index is 1.96. The van der Waals surface area contributed by atoms with Gasteiger partial charge in [0, 0.05) is 29.9 Å². The summed E-state index contributed by atoms with van der Waals surface area (Å²) in [6.07, 6.45) is -2.43. The van der Waals surface area contributed by atoms with Gasteiger partial charge in [-0.25, -0.2) is 0 Å². The summed E-state index contributed by atoms with van der Waals surface area (Å²) in [4.78, 5) is 17.4. The van der Waals surface area contributed by atoms with Gasteiger partial charge in [0.2, 0.25) is 0 Å². The summed E-state index contributed by atoms with van der Waals surface area (Å²) in [5, 5.41) is 1.59. The molecule has 0 aliphatic carbocycles. The monoisotopic (exact) mass is 324 g/mol. The third-order valence-corrected chi connectivity index (χ3v) is 3.98. The van der Waals surface area contributed by atoms with Gasteiger partial charge in [-0.1, -0.05) is 6.07 Å². The highest BCUT2D eigenvalue weighted by Crippen LogP contribution is 2.32. The van der Waals surface area contributed by atoms with Gasteiger partial charge >= 0.3 is 6.18 Å². The molecule has 122 valence electrons. The summed E-state index contributed by atoms with van der Waals surface area (Å²) in [5.41, 5.74) is 0.217. The maximum absolute atomic E-state index is 13.3. The number of carbonyl (C=O) groups excluding carboxylic acids is 1. The number of benzene rings is 1. The lowest BCUT2D eigenvalue weighted by Gasteiger charge is -2.40. The molecule has 1 aliphatic heterocycles. The third-order valence-electron chi connectivity index (χ3n) is 3.98. The van der Waals surface area contributed by atoms with Crippen molar-refractivity contribution in [3.8, 4) is 0 Å². The molecule has 1 fully saturated rings. The van der Waals surface area contributed by atoms with E-state index in [9.17, 15) is 18.0 Å². The Morgan fingerprint density at radius 2 is 2.09 bits per heavy atom. The fourth-order valence-corrected chi connectivity index (χ4v) is 2.88. The molecule has 1 aromatic heterocycles. The molecule has 0 spiro atoms. The zero-order chi connectivity index (χ0) is 16.6. The summed E-state index contributed by atoms with van der Waals surface area (Å²) < 4.78 is 44.9. The van der Waals surface area contributed by atoms with Crippen LogP contribution in [0.4, 0.5) is 13.2 Å². The molecule has 1 aliphatic rings. The van der Waals surface area contributed by atoms with Crippen molar-refractivity contribution in [1.82, 2.24) is 9.88 Å². The van der Waals surface area contributed by atoms with E-state index in [-0.39, 0.29) is 18.7 Å². The van der Waals surface area contributed by atoms with Crippen LogP contribution in [0.1, 0.15) is 17.3 Å². The van der Waals surface area contributed by atoms with E-state index in [0.29, 0.717) is 5.39 Å². The summed E-state index contributed by atoms with van der Waals surface area (Å²) in [6, 6.07) is 4.65. The molecule has 3 rings (SSSR count). The molecule has 0 unspecified atom stereocenters. The van der Waals surface area contributed by atoms with Crippen molar-refractivity contribution < 1.29 is 22.7 Å². The predicted molar refractivity (Wildman–Crippen MR) is 78.0 cm³/mol. The lowest BCUT2D eigenvalue weighted by Crippen LogP contribution is -2.59. The van der Waals surface area contributed by atoms with Gasteiger partial charge in [0.25, 0.3) is 5.91 Å². The third kappa shape index (κ3) is 3.01. The number of aromatic nitrogens is 1. The first-order valence-electron chi connectivity index (χ1n) is 7.21. The minimum absolute atomic E-state index is 0.0849. The zero-order valence-electron chi connectivity index (χ0n) is 12.4. The van der Waals surface area contributed by atoms with Crippen molar-refractivity contribution in [2.75, 3.05) is 13.2 Å². The molecule has 2 heterocycles. The number of alkyl halides is 3. The number of carbonyl (C=O) groups is 1. The van der Waals surface area contributed by atoms with Gasteiger partial charge in [0.1, 0.15) is 0 Å². The molecule has 0 N–H and O–H groups in total. The molecule has 1 amide bonds. The normalized spacial score (nSPS) is 22.3. The SMILES string of the molecule is C[C@@H]1OCCN(C(=O)c2ccc3ccncc3c2)[C@@H]1C(F)(F)F. The Morgan fingerprint density at radius 3 is 2.83 bits per heavy atom. The number of hydrogen-bond donors (Lipinski definition) is 0. The first kappa shape index (κ1) is 15.7. The Morgan fingerprint density at radius 1 is 1.30 bits per heavy atom. The van der Waals surface area contributed by atoms with E-state index >= 15 is 0 Å². The van der Waals surface area contributed by atoms with Gasteiger partial charge in [-0.2, -0.15) is 13.2 Å². The maximum Gasteiger partial charge on any atom is 0.411 e. The maximum atomic E-state index is 13.3. The second-order valence-corrected chi connectivity index (χ2v) is 5.50. The van der Waals surface area contributed by atoms with Gasteiger partial charge < -0.3 is 9.64 Å². The van der Waals surface area contributed by atoms with Crippen molar-refractivity contribution in [3.63, 3.8) is 0 Å². The predicted octanol–water partition coefficient (Wildman–Crippen LogP) is 3.03. The van der Waals surface area contributed by atoms with Gasteiger partial charge in [-0.15, -0.1) is 0 Å². The standard InChI is InChI=1S/C16H15F3N2O2/c1-10-14(16(17,18)19)21(6-7-23-10)15(22)12-3-2-11-4-5-20-9-13(11)8-12/h2-5,8-10,14H,6-7H2,1H3/t10-,14-/m0/s1. The van der Waals surface area contributed by atoms with Crippen LogP contribution in [0.25, 0.3) is 10.8 Å². The topological polar surface area (TPSA) is 42.4 Å². The number of halogens is 3.